The van der Waals surface area contributed by atoms with Crippen molar-refractivity contribution in [1.82, 2.24) is 10.1 Å². The second-order valence-corrected chi connectivity index (χ2v) is 5.31. The Morgan fingerprint density at radius 1 is 1.22 bits per heavy atom. The lowest BCUT2D eigenvalue weighted by Crippen LogP contribution is -2.19. The first-order chi connectivity index (χ1) is 8.83. The summed E-state index contributed by atoms with van der Waals surface area (Å²) in [6, 6.07) is 0. The summed E-state index contributed by atoms with van der Waals surface area (Å²) in [4.78, 5) is 18.5. The predicted molar refractivity (Wildman–Crippen MR) is 66.4 cm³/mol. The van der Waals surface area contributed by atoms with Gasteiger partial charge in [0, 0.05) is 19.0 Å². The smallest absolute Gasteiger partial charge is 0.266 e. The Morgan fingerprint density at radius 2 is 1.94 bits per heavy atom. The van der Waals surface area contributed by atoms with Gasteiger partial charge in [0.1, 0.15) is 5.78 Å². The van der Waals surface area contributed by atoms with Crippen LogP contribution in [0.4, 0.5) is 5.95 Å². The Bertz CT molecular complexity index is 418. The maximum absolute atomic E-state index is 12.0. The highest BCUT2D eigenvalue weighted by Gasteiger charge is 2.25. The van der Waals surface area contributed by atoms with Gasteiger partial charge in [-0.3, -0.25) is 4.79 Å². The molecule has 5 nitrogen and oxygen atoms in total. The fourth-order valence-corrected chi connectivity index (χ4v) is 2.90. The molecule has 3 rings (SSSR count). The molecule has 5 heteroatoms. The highest BCUT2D eigenvalue weighted by molar-refractivity contribution is 5.82. The van der Waals surface area contributed by atoms with E-state index in [0.29, 0.717) is 18.3 Å². The molecule has 1 saturated heterocycles. The highest BCUT2D eigenvalue weighted by Crippen LogP contribution is 2.26. The van der Waals surface area contributed by atoms with Gasteiger partial charge in [0.15, 0.2) is 0 Å². The number of anilines is 1. The van der Waals surface area contributed by atoms with Crippen LogP contribution < -0.4 is 4.90 Å². The molecular formula is C13H19N3O2. The molecule has 0 radical (unpaired) electrons. The van der Waals surface area contributed by atoms with Gasteiger partial charge in [0.25, 0.3) is 5.95 Å². The molecule has 0 unspecified atom stereocenters. The molecule has 1 aromatic heterocycles. The topological polar surface area (TPSA) is 59.2 Å². The average molecular weight is 249 g/mol. The largest absolute Gasteiger partial charge is 0.338 e. The van der Waals surface area contributed by atoms with Crippen LogP contribution in [0, 0.1) is 5.92 Å². The fraction of sp³-hybridized carbons (Fsp3) is 0.769. The number of hydrogen-bond donors (Lipinski definition) is 0. The van der Waals surface area contributed by atoms with E-state index in [1.54, 1.807) is 0 Å². The number of ketones is 1. The zero-order valence-corrected chi connectivity index (χ0v) is 10.6. The predicted octanol–water partition coefficient (Wildman–Crippen LogP) is 1.97. The molecule has 2 heterocycles. The van der Waals surface area contributed by atoms with Crippen molar-refractivity contribution < 1.29 is 9.32 Å². The van der Waals surface area contributed by atoms with Gasteiger partial charge in [-0.15, -0.1) is 0 Å². The Hall–Kier alpha value is -1.39. The summed E-state index contributed by atoms with van der Waals surface area (Å²) < 4.78 is 5.18. The number of nitrogens with zero attached hydrogens (tertiary/aromatic N) is 3. The first kappa shape index (κ1) is 11.7. The third-order valence-electron chi connectivity index (χ3n) is 3.98. The first-order valence-electron chi connectivity index (χ1n) is 6.93. The Labute approximate surface area is 107 Å². The van der Waals surface area contributed by atoms with Crippen LogP contribution in [-0.2, 0) is 11.2 Å². The Kier molecular flexibility index (Phi) is 3.30. The van der Waals surface area contributed by atoms with Crippen molar-refractivity contribution in [3.63, 3.8) is 0 Å². The molecule has 98 valence electrons. The van der Waals surface area contributed by atoms with E-state index in [2.05, 4.69) is 15.0 Å². The van der Waals surface area contributed by atoms with Gasteiger partial charge in [-0.1, -0.05) is 12.8 Å². The molecule has 0 atom stereocenters. The Morgan fingerprint density at radius 3 is 2.67 bits per heavy atom. The van der Waals surface area contributed by atoms with Crippen LogP contribution in [0.25, 0.3) is 0 Å². The van der Waals surface area contributed by atoms with Gasteiger partial charge in [0.2, 0.25) is 5.89 Å². The maximum atomic E-state index is 12.0. The van der Waals surface area contributed by atoms with Gasteiger partial charge >= 0.3 is 0 Å². The SMILES string of the molecule is O=C(Cc1nc(N2CCCC2)no1)C1CCCC1. The van der Waals surface area contributed by atoms with Gasteiger partial charge in [-0.05, 0) is 30.8 Å². The van der Waals surface area contributed by atoms with Crippen LogP contribution in [0.15, 0.2) is 4.52 Å². The van der Waals surface area contributed by atoms with E-state index in [9.17, 15) is 4.79 Å². The van der Waals surface area contributed by atoms with Gasteiger partial charge < -0.3 is 9.42 Å². The number of hydrogen-bond acceptors (Lipinski definition) is 5. The lowest BCUT2D eigenvalue weighted by atomic mass is 10.0. The molecule has 0 N–H and O–H groups in total. The lowest BCUT2D eigenvalue weighted by molar-refractivity contribution is -0.122. The van der Waals surface area contributed by atoms with Crippen LogP contribution in [0.3, 0.4) is 0 Å². The quantitative estimate of drug-likeness (QED) is 0.816. The average Bonchev–Trinajstić information content (AvgIpc) is 3.12. The van der Waals surface area contributed by atoms with Crippen molar-refractivity contribution >= 4 is 11.7 Å². The van der Waals surface area contributed by atoms with E-state index in [4.69, 9.17) is 4.52 Å². The molecule has 0 spiro atoms. The highest BCUT2D eigenvalue weighted by atomic mass is 16.5. The zero-order valence-electron chi connectivity index (χ0n) is 10.6. The number of aromatic nitrogens is 2. The normalized spacial score (nSPS) is 20.8. The van der Waals surface area contributed by atoms with Crippen LogP contribution in [0.5, 0.6) is 0 Å². The second kappa shape index (κ2) is 5.08. The zero-order chi connectivity index (χ0) is 12.4. The minimum atomic E-state index is 0.229. The standard InChI is InChI=1S/C13H19N3O2/c17-11(10-5-1-2-6-10)9-12-14-13(15-18-12)16-7-3-4-8-16/h10H,1-9H2. The number of rotatable bonds is 4. The summed E-state index contributed by atoms with van der Waals surface area (Å²) in [5, 5.41) is 3.97. The molecule has 1 saturated carbocycles. The van der Waals surface area contributed by atoms with Crippen LogP contribution in [0.1, 0.15) is 44.4 Å². The van der Waals surface area contributed by atoms with Crippen molar-refractivity contribution in [3.8, 4) is 0 Å². The maximum Gasteiger partial charge on any atom is 0.266 e. The number of Topliss-reactive ketones (excluding diaryl/α,β-unsaturated/α-hetero) is 1. The Balaban J connectivity index is 1.60. The van der Waals surface area contributed by atoms with E-state index in [1.165, 1.54) is 25.7 Å². The molecule has 2 fully saturated rings. The minimum Gasteiger partial charge on any atom is -0.338 e. The minimum absolute atomic E-state index is 0.229. The molecular weight excluding hydrogens is 230 g/mol. The molecule has 2 aliphatic rings. The van der Waals surface area contributed by atoms with Crippen molar-refractivity contribution in [2.45, 2.75) is 44.9 Å². The molecule has 0 bridgehead atoms. The number of carbonyl (C=O) groups is 1. The fourth-order valence-electron chi connectivity index (χ4n) is 2.90. The van der Waals surface area contributed by atoms with Gasteiger partial charge in [-0.25, -0.2) is 0 Å². The van der Waals surface area contributed by atoms with E-state index < -0.39 is 0 Å². The number of carbonyl (C=O) groups excluding carboxylic acids is 1. The van der Waals surface area contributed by atoms with Gasteiger partial charge in [-0.2, -0.15) is 4.98 Å². The van der Waals surface area contributed by atoms with Crippen LogP contribution in [0.2, 0.25) is 0 Å². The third-order valence-corrected chi connectivity index (χ3v) is 3.98. The van der Waals surface area contributed by atoms with E-state index >= 15 is 0 Å². The summed E-state index contributed by atoms with van der Waals surface area (Å²) in [6.45, 7) is 1.99. The summed E-state index contributed by atoms with van der Waals surface area (Å²) in [7, 11) is 0. The second-order valence-electron chi connectivity index (χ2n) is 5.31. The summed E-state index contributed by atoms with van der Waals surface area (Å²) >= 11 is 0. The summed E-state index contributed by atoms with van der Waals surface area (Å²) in [5.74, 6) is 1.63. The monoisotopic (exact) mass is 249 g/mol. The molecule has 1 aliphatic heterocycles. The van der Waals surface area contributed by atoms with Crippen molar-refractivity contribution in [1.29, 1.82) is 0 Å². The third kappa shape index (κ3) is 2.40. The lowest BCUT2D eigenvalue weighted by Gasteiger charge is -2.09. The van der Waals surface area contributed by atoms with Gasteiger partial charge in [0.05, 0.1) is 6.42 Å². The van der Waals surface area contributed by atoms with E-state index in [1.807, 2.05) is 0 Å². The van der Waals surface area contributed by atoms with Crippen LogP contribution in [-0.4, -0.2) is 29.0 Å². The van der Waals surface area contributed by atoms with Crippen LogP contribution >= 0.6 is 0 Å². The van der Waals surface area contributed by atoms with Crippen molar-refractivity contribution in [3.05, 3.63) is 5.89 Å². The first-order valence-corrected chi connectivity index (χ1v) is 6.93. The molecule has 1 aromatic rings. The summed E-state index contributed by atoms with van der Waals surface area (Å²) in [5.41, 5.74) is 0. The van der Waals surface area contributed by atoms with E-state index in [-0.39, 0.29) is 11.7 Å². The van der Waals surface area contributed by atoms with Crippen molar-refractivity contribution in [2.24, 2.45) is 5.92 Å². The molecule has 18 heavy (non-hydrogen) atoms. The molecule has 1 aliphatic carbocycles. The van der Waals surface area contributed by atoms with E-state index in [0.717, 1.165) is 25.9 Å². The van der Waals surface area contributed by atoms with Crippen molar-refractivity contribution in [2.75, 3.05) is 18.0 Å². The molecule has 0 aromatic carbocycles. The summed E-state index contributed by atoms with van der Waals surface area (Å²) in [6.07, 6.45) is 7.11. The molecule has 0 amide bonds.